The molecular formula is C40H36N4O2. The minimum Gasteiger partial charge on any atom is -0.507 e. The predicted molar refractivity (Wildman–Crippen MR) is 190 cm³/mol. The highest BCUT2D eigenvalue weighted by Gasteiger charge is 2.18. The third-order valence-corrected chi connectivity index (χ3v) is 8.65. The van der Waals surface area contributed by atoms with E-state index in [4.69, 9.17) is 19.9 Å². The van der Waals surface area contributed by atoms with E-state index >= 15 is 0 Å². The van der Waals surface area contributed by atoms with Crippen LogP contribution < -0.4 is 0 Å². The summed E-state index contributed by atoms with van der Waals surface area (Å²) in [7, 11) is 0. The van der Waals surface area contributed by atoms with Gasteiger partial charge in [0.1, 0.15) is 11.5 Å². The molecule has 0 amide bonds. The first-order valence-corrected chi connectivity index (χ1v) is 15.5. The molecule has 0 fully saturated rings. The zero-order chi connectivity index (χ0) is 32.4. The average Bonchev–Trinajstić information content (AvgIpc) is 3.02. The highest BCUT2D eigenvalue weighted by molar-refractivity contribution is 6.07. The Labute approximate surface area is 267 Å². The number of rotatable bonds is 0. The second-order valence-electron chi connectivity index (χ2n) is 14.0. The minimum atomic E-state index is -0.190. The molecule has 3 aromatic heterocycles. The van der Waals surface area contributed by atoms with Crippen molar-refractivity contribution in [1.82, 2.24) is 19.9 Å². The zero-order valence-electron chi connectivity index (χ0n) is 26.9. The Kier molecular flexibility index (Phi) is 6.78. The van der Waals surface area contributed by atoms with Crippen molar-refractivity contribution in [2.75, 3.05) is 0 Å². The fourth-order valence-corrected chi connectivity index (χ4v) is 5.80. The highest BCUT2D eigenvalue weighted by atomic mass is 16.3. The number of nitrogens with zero attached hydrogens (tertiary/aromatic N) is 4. The van der Waals surface area contributed by atoms with Gasteiger partial charge in [-0.3, -0.25) is 9.97 Å². The maximum Gasteiger partial charge on any atom is 0.133 e. The largest absolute Gasteiger partial charge is 0.507 e. The lowest BCUT2D eigenvalue weighted by Crippen LogP contribution is -2.10. The first-order valence-electron chi connectivity index (χ1n) is 15.5. The Hall–Kier alpha value is -5.36. The van der Waals surface area contributed by atoms with Gasteiger partial charge in [0, 0.05) is 44.7 Å². The average molecular weight is 605 g/mol. The summed E-state index contributed by atoms with van der Waals surface area (Å²) < 4.78 is 0. The number of aromatic nitrogens is 4. The molecule has 0 atom stereocenters. The van der Waals surface area contributed by atoms with Crippen molar-refractivity contribution in [2.24, 2.45) is 0 Å². The van der Waals surface area contributed by atoms with E-state index in [0.717, 1.165) is 32.9 Å². The number of phenolic OH excluding ortho intramolecular Hbond substituents is 2. The van der Waals surface area contributed by atoms with Gasteiger partial charge < -0.3 is 10.2 Å². The third kappa shape index (κ3) is 5.20. The summed E-state index contributed by atoms with van der Waals surface area (Å²) in [6.07, 6.45) is 3.37. The number of pyridine rings is 2. The quantitative estimate of drug-likeness (QED) is 0.167. The van der Waals surface area contributed by atoms with E-state index in [9.17, 15) is 10.2 Å². The summed E-state index contributed by atoms with van der Waals surface area (Å²) >= 11 is 0. The minimum absolute atomic E-state index is 0.106. The van der Waals surface area contributed by atoms with Crippen molar-refractivity contribution in [3.63, 3.8) is 0 Å². The van der Waals surface area contributed by atoms with Gasteiger partial charge in [-0.25, -0.2) is 9.97 Å². The molecule has 46 heavy (non-hydrogen) atoms. The monoisotopic (exact) mass is 604 g/mol. The molecule has 0 spiro atoms. The third-order valence-electron chi connectivity index (χ3n) is 8.65. The second kappa shape index (κ2) is 10.6. The molecule has 0 aliphatic rings. The van der Waals surface area contributed by atoms with Crippen LogP contribution in [0, 0.1) is 0 Å². The van der Waals surface area contributed by atoms with Gasteiger partial charge in [-0.05, 0) is 70.5 Å². The molecule has 0 aliphatic heterocycles. The van der Waals surface area contributed by atoms with Gasteiger partial charge in [0.05, 0.1) is 33.1 Å². The van der Waals surface area contributed by atoms with E-state index in [1.54, 1.807) is 12.4 Å². The Morgan fingerprint density at radius 2 is 0.848 bits per heavy atom. The molecule has 0 radical (unpaired) electrons. The summed E-state index contributed by atoms with van der Waals surface area (Å²) in [5.41, 5.74) is 5.69. The number of aromatic hydroxyl groups is 2. The van der Waals surface area contributed by atoms with E-state index in [1.165, 1.54) is 0 Å². The van der Waals surface area contributed by atoms with Crippen LogP contribution in [-0.2, 0) is 10.8 Å². The summed E-state index contributed by atoms with van der Waals surface area (Å²) in [6.45, 7) is 12.9. The molecule has 6 nitrogen and oxygen atoms in total. The lowest BCUT2D eigenvalue weighted by atomic mass is 9.85. The topological polar surface area (TPSA) is 92.0 Å². The summed E-state index contributed by atoms with van der Waals surface area (Å²) in [4.78, 5) is 19.9. The molecule has 228 valence electrons. The molecule has 0 aliphatic carbocycles. The van der Waals surface area contributed by atoms with Crippen molar-refractivity contribution in [3.8, 4) is 11.5 Å². The Morgan fingerprint density at radius 3 is 1.24 bits per heavy atom. The van der Waals surface area contributed by atoms with Gasteiger partial charge in [-0.2, -0.15) is 0 Å². The van der Waals surface area contributed by atoms with Crippen LogP contribution in [0.2, 0.25) is 0 Å². The van der Waals surface area contributed by atoms with Gasteiger partial charge in [0.25, 0.3) is 0 Å². The molecule has 4 aromatic carbocycles. The predicted octanol–water partition coefficient (Wildman–Crippen LogP) is 9.88. The van der Waals surface area contributed by atoms with E-state index in [0.29, 0.717) is 43.6 Å². The molecular weight excluding hydrogens is 568 g/mol. The van der Waals surface area contributed by atoms with Gasteiger partial charge in [0.15, 0.2) is 0 Å². The van der Waals surface area contributed by atoms with E-state index < -0.39 is 0 Å². The molecule has 0 saturated heterocycles. The molecule has 3 heterocycles. The number of benzene rings is 4. The number of fused-ring (bicyclic) bond motifs is 9. The van der Waals surface area contributed by atoms with Crippen molar-refractivity contribution < 1.29 is 10.2 Å². The first-order chi connectivity index (χ1) is 21.9. The summed E-state index contributed by atoms with van der Waals surface area (Å²) in [6, 6.07) is 27.6. The standard InChI is InChI=1S/C40H36N4O2/c1-39(2,3)27-17-25-21-41-33-9-7-8-10-34(33)42-22-26-18-28(40(4,5)6)20-30(38(26)46)32-16-14-24-12-11-23-13-15-31(29(19-27)37(25)45)43-35(23)36(24)44-32/h7-22,45-46H,1-6H3. The van der Waals surface area contributed by atoms with Crippen LogP contribution in [0.4, 0.5) is 0 Å². The number of para-hydroxylation sites is 2. The number of hydrogen-bond acceptors (Lipinski definition) is 6. The van der Waals surface area contributed by atoms with Crippen molar-refractivity contribution >= 4 is 65.4 Å². The van der Waals surface area contributed by atoms with Crippen LogP contribution in [0.25, 0.3) is 65.4 Å². The van der Waals surface area contributed by atoms with Gasteiger partial charge in [-0.15, -0.1) is 0 Å². The van der Waals surface area contributed by atoms with Gasteiger partial charge in [-0.1, -0.05) is 77.9 Å². The zero-order valence-corrected chi connectivity index (χ0v) is 26.9. The SMILES string of the molecule is CC(C)(C)c1cc2cnc3ccccc3ncc3cc(C(C)(C)C)cc(c3O)c3ccc4ccc5ccc(nc5c4n3)c(c1)c2O. The fraction of sp³-hybridized carbons (Fsp3) is 0.200. The lowest BCUT2D eigenvalue weighted by molar-refractivity contribution is 0.486. The van der Waals surface area contributed by atoms with Crippen LogP contribution in [0.3, 0.4) is 0 Å². The molecule has 7 rings (SSSR count). The Balaban J connectivity index is 1.75. The van der Waals surface area contributed by atoms with E-state index in [2.05, 4.69) is 41.5 Å². The number of phenols is 2. The van der Waals surface area contributed by atoms with Crippen molar-refractivity contribution in [1.29, 1.82) is 0 Å². The Bertz CT molecular complexity index is 2300. The second-order valence-corrected chi connectivity index (χ2v) is 14.0. The van der Waals surface area contributed by atoms with Crippen LogP contribution >= 0.6 is 0 Å². The number of hydrogen-bond donors (Lipinski definition) is 2. The fourth-order valence-electron chi connectivity index (χ4n) is 5.80. The molecule has 8 bridgehead atoms. The van der Waals surface area contributed by atoms with Gasteiger partial charge in [0.2, 0.25) is 0 Å². The van der Waals surface area contributed by atoms with Crippen molar-refractivity contribution in [3.05, 3.63) is 108 Å². The molecule has 0 saturated carbocycles. The Morgan fingerprint density at radius 1 is 0.457 bits per heavy atom. The summed E-state index contributed by atoms with van der Waals surface area (Å²) in [5.74, 6) is 0.211. The maximum atomic E-state index is 11.7. The molecule has 6 heteroatoms. The normalized spacial score (nSPS) is 12.3. The van der Waals surface area contributed by atoms with Crippen LogP contribution in [0.1, 0.15) is 52.7 Å². The first kappa shape index (κ1) is 29.4. The van der Waals surface area contributed by atoms with Crippen LogP contribution in [-0.4, -0.2) is 30.1 Å². The van der Waals surface area contributed by atoms with E-state index in [1.807, 2.05) is 84.9 Å². The molecule has 0 unspecified atom stereocenters. The lowest BCUT2D eigenvalue weighted by Gasteiger charge is -2.20. The maximum absolute atomic E-state index is 11.7. The van der Waals surface area contributed by atoms with Crippen LogP contribution in [0.5, 0.6) is 11.5 Å². The molecule has 2 N–H and O–H groups in total. The van der Waals surface area contributed by atoms with E-state index in [-0.39, 0.29) is 22.3 Å². The van der Waals surface area contributed by atoms with Gasteiger partial charge >= 0.3 is 0 Å². The smallest absolute Gasteiger partial charge is 0.133 e. The van der Waals surface area contributed by atoms with Crippen LogP contribution in [0.15, 0.2) is 97.3 Å². The molecule has 7 aromatic rings. The highest BCUT2D eigenvalue weighted by Crippen LogP contribution is 2.37. The summed E-state index contributed by atoms with van der Waals surface area (Å²) in [5, 5.41) is 27.6. The van der Waals surface area contributed by atoms with Crippen molar-refractivity contribution in [2.45, 2.75) is 52.4 Å².